The summed E-state index contributed by atoms with van der Waals surface area (Å²) in [4.78, 5) is 16.4. The second kappa shape index (κ2) is 7.38. The highest BCUT2D eigenvalue weighted by atomic mass is 32.1. The zero-order chi connectivity index (χ0) is 15.2. The van der Waals surface area contributed by atoms with E-state index < -0.39 is 0 Å². The van der Waals surface area contributed by atoms with Gasteiger partial charge in [0.15, 0.2) is 0 Å². The molecule has 0 aliphatic heterocycles. The Kier molecular flexibility index (Phi) is 5.52. The van der Waals surface area contributed by atoms with Gasteiger partial charge in [-0.05, 0) is 38.1 Å². The van der Waals surface area contributed by atoms with Crippen molar-refractivity contribution in [2.45, 2.75) is 39.2 Å². The minimum Gasteiger partial charge on any atom is -0.441 e. The Morgan fingerprint density at radius 1 is 1.57 bits per heavy atom. The lowest BCUT2D eigenvalue weighted by Crippen LogP contribution is -2.34. The molecule has 2 rings (SSSR count). The Balaban J connectivity index is 1.95. The van der Waals surface area contributed by atoms with Crippen molar-refractivity contribution in [2.75, 3.05) is 6.61 Å². The van der Waals surface area contributed by atoms with Gasteiger partial charge in [-0.2, -0.15) is 11.3 Å². The first kappa shape index (κ1) is 15.7. The van der Waals surface area contributed by atoms with Gasteiger partial charge in [-0.25, -0.2) is 4.98 Å². The molecule has 2 aromatic rings. The number of aromatic nitrogens is 1. The van der Waals surface area contributed by atoms with Gasteiger partial charge in [0.05, 0.1) is 12.1 Å². The van der Waals surface area contributed by atoms with E-state index in [1.165, 1.54) is 0 Å². The van der Waals surface area contributed by atoms with Crippen molar-refractivity contribution in [2.24, 2.45) is 0 Å². The SMILES string of the molecule is Cc1oc(-c2ccsc2)nc1CC(=O)NC(C)CCCO. The molecule has 0 radical (unpaired) electrons. The molecule has 2 N–H and O–H groups in total. The third kappa shape index (κ3) is 4.41. The first-order valence-corrected chi connectivity index (χ1v) is 7.93. The summed E-state index contributed by atoms with van der Waals surface area (Å²) in [6.07, 6.45) is 1.66. The Labute approximate surface area is 128 Å². The van der Waals surface area contributed by atoms with Gasteiger partial charge < -0.3 is 14.8 Å². The second-order valence-electron chi connectivity index (χ2n) is 5.05. The number of carbonyl (C=O) groups excluding carboxylic acids is 1. The fourth-order valence-corrected chi connectivity index (χ4v) is 2.68. The molecule has 2 aromatic heterocycles. The van der Waals surface area contributed by atoms with Gasteiger partial charge in [-0.1, -0.05) is 0 Å². The molecule has 5 nitrogen and oxygen atoms in total. The summed E-state index contributed by atoms with van der Waals surface area (Å²) in [6, 6.07) is 1.99. The molecular weight excluding hydrogens is 288 g/mol. The lowest BCUT2D eigenvalue weighted by atomic mass is 10.1. The van der Waals surface area contributed by atoms with E-state index in [1.807, 2.05) is 30.7 Å². The van der Waals surface area contributed by atoms with Crippen LogP contribution in [0.4, 0.5) is 0 Å². The van der Waals surface area contributed by atoms with Crippen LogP contribution in [0, 0.1) is 6.92 Å². The normalized spacial score (nSPS) is 12.3. The summed E-state index contributed by atoms with van der Waals surface area (Å²) >= 11 is 1.58. The van der Waals surface area contributed by atoms with E-state index in [9.17, 15) is 4.79 Å². The standard InChI is InChI=1S/C15H20N2O3S/c1-10(4-3-6-18)16-14(19)8-13-11(2)20-15(17-13)12-5-7-21-9-12/h5,7,9-10,18H,3-4,6,8H2,1-2H3,(H,16,19). The molecule has 0 spiro atoms. The maximum absolute atomic E-state index is 12.0. The molecular formula is C15H20N2O3S. The minimum atomic E-state index is -0.0753. The fourth-order valence-electron chi connectivity index (χ4n) is 2.05. The maximum atomic E-state index is 12.0. The first-order valence-electron chi connectivity index (χ1n) is 6.99. The van der Waals surface area contributed by atoms with Gasteiger partial charge >= 0.3 is 0 Å². The molecule has 1 amide bonds. The molecule has 0 aliphatic rings. The van der Waals surface area contributed by atoms with Crippen LogP contribution in [0.1, 0.15) is 31.2 Å². The summed E-state index contributed by atoms with van der Waals surface area (Å²) in [7, 11) is 0. The van der Waals surface area contributed by atoms with Crippen molar-refractivity contribution in [3.8, 4) is 11.5 Å². The molecule has 0 bridgehead atoms. The molecule has 1 unspecified atom stereocenters. The summed E-state index contributed by atoms with van der Waals surface area (Å²) in [5.74, 6) is 1.16. The number of aryl methyl sites for hydroxylation is 1. The zero-order valence-electron chi connectivity index (χ0n) is 12.3. The number of carbonyl (C=O) groups is 1. The number of hydrogen-bond donors (Lipinski definition) is 2. The number of hydrogen-bond acceptors (Lipinski definition) is 5. The van der Waals surface area contributed by atoms with Crippen molar-refractivity contribution in [1.82, 2.24) is 10.3 Å². The van der Waals surface area contributed by atoms with Crippen molar-refractivity contribution >= 4 is 17.2 Å². The molecule has 0 saturated carbocycles. The van der Waals surface area contributed by atoms with E-state index in [4.69, 9.17) is 9.52 Å². The molecule has 2 heterocycles. The van der Waals surface area contributed by atoms with E-state index in [0.29, 0.717) is 23.8 Å². The van der Waals surface area contributed by atoms with Crippen molar-refractivity contribution in [3.63, 3.8) is 0 Å². The first-order chi connectivity index (χ1) is 10.1. The van der Waals surface area contributed by atoms with Crippen LogP contribution in [0.25, 0.3) is 11.5 Å². The van der Waals surface area contributed by atoms with Crippen LogP contribution in [-0.2, 0) is 11.2 Å². The highest BCUT2D eigenvalue weighted by molar-refractivity contribution is 7.08. The third-order valence-corrected chi connectivity index (χ3v) is 3.87. The molecule has 0 saturated heterocycles. The molecule has 21 heavy (non-hydrogen) atoms. The third-order valence-electron chi connectivity index (χ3n) is 3.19. The maximum Gasteiger partial charge on any atom is 0.227 e. The average molecular weight is 308 g/mol. The van der Waals surface area contributed by atoms with Crippen LogP contribution in [-0.4, -0.2) is 28.6 Å². The quantitative estimate of drug-likeness (QED) is 0.824. The number of rotatable bonds is 7. The minimum absolute atomic E-state index is 0.0493. The lowest BCUT2D eigenvalue weighted by molar-refractivity contribution is -0.121. The van der Waals surface area contributed by atoms with E-state index in [0.717, 1.165) is 12.0 Å². The molecule has 0 aliphatic carbocycles. The smallest absolute Gasteiger partial charge is 0.227 e. The average Bonchev–Trinajstić information content (AvgIpc) is 3.07. The van der Waals surface area contributed by atoms with E-state index >= 15 is 0 Å². The number of amides is 1. The number of nitrogens with one attached hydrogen (secondary N) is 1. The van der Waals surface area contributed by atoms with Crippen molar-refractivity contribution in [1.29, 1.82) is 0 Å². The molecule has 1 atom stereocenters. The van der Waals surface area contributed by atoms with E-state index in [2.05, 4.69) is 10.3 Å². The van der Waals surface area contributed by atoms with Crippen LogP contribution in [0.3, 0.4) is 0 Å². The van der Waals surface area contributed by atoms with Gasteiger partial charge in [0.1, 0.15) is 5.76 Å². The number of nitrogens with zero attached hydrogens (tertiary/aromatic N) is 1. The highest BCUT2D eigenvalue weighted by Crippen LogP contribution is 2.23. The second-order valence-corrected chi connectivity index (χ2v) is 5.83. The summed E-state index contributed by atoms with van der Waals surface area (Å²) in [5.41, 5.74) is 1.61. The molecule has 0 fully saturated rings. The van der Waals surface area contributed by atoms with Gasteiger partial charge in [-0.3, -0.25) is 4.79 Å². The Bertz CT molecular complexity index is 578. The van der Waals surface area contributed by atoms with Crippen LogP contribution < -0.4 is 5.32 Å². The highest BCUT2D eigenvalue weighted by Gasteiger charge is 2.16. The number of thiophene rings is 1. The van der Waals surface area contributed by atoms with Gasteiger partial charge in [0.25, 0.3) is 0 Å². The van der Waals surface area contributed by atoms with Crippen LogP contribution in [0.2, 0.25) is 0 Å². The zero-order valence-corrected chi connectivity index (χ0v) is 13.1. The fraction of sp³-hybridized carbons (Fsp3) is 0.467. The predicted molar refractivity (Wildman–Crippen MR) is 82.2 cm³/mol. The van der Waals surface area contributed by atoms with E-state index in [1.54, 1.807) is 11.3 Å². The molecule has 0 aromatic carbocycles. The molecule has 114 valence electrons. The predicted octanol–water partition coefficient (Wildman–Crippen LogP) is 2.53. The summed E-state index contributed by atoms with van der Waals surface area (Å²) in [6.45, 7) is 3.90. The van der Waals surface area contributed by atoms with Gasteiger partial charge in [0.2, 0.25) is 11.8 Å². The Morgan fingerprint density at radius 3 is 3.05 bits per heavy atom. The largest absolute Gasteiger partial charge is 0.441 e. The van der Waals surface area contributed by atoms with Crippen LogP contribution in [0.15, 0.2) is 21.2 Å². The monoisotopic (exact) mass is 308 g/mol. The summed E-state index contributed by atoms with van der Waals surface area (Å²) in [5, 5.41) is 15.6. The lowest BCUT2D eigenvalue weighted by Gasteiger charge is -2.12. The number of aliphatic hydroxyl groups is 1. The number of oxazole rings is 1. The molecule has 6 heteroatoms. The Morgan fingerprint density at radius 2 is 2.38 bits per heavy atom. The van der Waals surface area contributed by atoms with Crippen molar-refractivity contribution < 1.29 is 14.3 Å². The van der Waals surface area contributed by atoms with Gasteiger partial charge in [-0.15, -0.1) is 0 Å². The number of aliphatic hydroxyl groups excluding tert-OH is 1. The Hall–Kier alpha value is -1.66. The van der Waals surface area contributed by atoms with Crippen LogP contribution >= 0.6 is 11.3 Å². The summed E-state index contributed by atoms with van der Waals surface area (Å²) < 4.78 is 5.61. The van der Waals surface area contributed by atoms with Crippen LogP contribution in [0.5, 0.6) is 0 Å². The van der Waals surface area contributed by atoms with Gasteiger partial charge in [0, 0.05) is 23.6 Å². The van der Waals surface area contributed by atoms with Crippen molar-refractivity contribution in [3.05, 3.63) is 28.3 Å². The topological polar surface area (TPSA) is 75.4 Å². The van der Waals surface area contributed by atoms with E-state index in [-0.39, 0.29) is 25.0 Å².